The largest absolute Gasteiger partial charge is 0.489 e. The van der Waals surface area contributed by atoms with E-state index in [4.69, 9.17) is 4.74 Å². The standard InChI is InChI=1S/C25H24N2O2/c28-25(26-14-13-19-7-3-1-4-8-19)15-21-17-27-24-12-11-22(16-23(21)24)29-18-20-9-5-2-6-10-20/h1-12,16-17,27H,13-15,18H2,(H,26,28). The third-order valence-corrected chi connectivity index (χ3v) is 4.92. The van der Waals surface area contributed by atoms with Gasteiger partial charge in [-0.15, -0.1) is 0 Å². The second-order valence-corrected chi connectivity index (χ2v) is 7.06. The van der Waals surface area contributed by atoms with E-state index in [2.05, 4.69) is 22.4 Å². The van der Waals surface area contributed by atoms with E-state index in [1.807, 2.05) is 72.9 Å². The summed E-state index contributed by atoms with van der Waals surface area (Å²) in [6, 6.07) is 26.2. The van der Waals surface area contributed by atoms with Crippen LogP contribution in [0.5, 0.6) is 5.75 Å². The number of H-pyrrole nitrogens is 1. The average molecular weight is 384 g/mol. The average Bonchev–Trinajstić information content (AvgIpc) is 3.16. The highest BCUT2D eigenvalue weighted by atomic mass is 16.5. The second kappa shape index (κ2) is 9.11. The SMILES string of the molecule is O=C(Cc1c[nH]c2ccc(OCc3ccccc3)cc12)NCCc1ccccc1. The molecule has 29 heavy (non-hydrogen) atoms. The lowest BCUT2D eigenvalue weighted by Crippen LogP contribution is -2.27. The maximum absolute atomic E-state index is 12.4. The molecule has 4 nitrogen and oxygen atoms in total. The van der Waals surface area contributed by atoms with Crippen LogP contribution in [0.1, 0.15) is 16.7 Å². The molecule has 1 amide bonds. The van der Waals surface area contributed by atoms with Crippen LogP contribution < -0.4 is 10.1 Å². The number of nitrogens with one attached hydrogen (secondary N) is 2. The molecule has 1 aromatic heterocycles. The van der Waals surface area contributed by atoms with Crippen molar-refractivity contribution in [2.75, 3.05) is 6.54 Å². The maximum atomic E-state index is 12.4. The van der Waals surface area contributed by atoms with Crippen LogP contribution >= 0.6 is 0 Å². The molecule has 0 spiro atoms. The van der Waals surface area contributed by atoms with Crippen molar-refractivity contribution < 1.29 is 9.53 Å². The molecule has 4 aromatic rings. The van der Waals surface area contributed by atoms with Crippen LogP contribution in [0, 0.1) is 0 Å². The molecule has 1 heterocycles. The molecule has 146 valence electrons. The van der Waals surface area contributed by atoms with Crippen LogP contribution in [0.3, 0.4) is 0 Å². The summed E-state index contributed by atoms with van der Waals surface area (Å²) in [5.41, 5.74) is 4.33. The predicted molar refractivity (Wildman–Crippen MR) is 116 cm³/mol. The molecule has 0 fully saturated rings. The van der Waals surface area contributed by atoms with E-state index in [1.54, 1.807) is 0 Å². The van der Waals surface area contributed by atoms with Crippen molar-refractivity contribution in [1.29, 1.82) is 0 Å². The minimum atomic E-state index is 0.0254. The zero-order valence-corrected chi connectivity index (χ0v) is 16.2. The molecule has 4 rings (SSSR count). The number of carbonyl (C=O) groups excluding carboxylic acids is 1. The highest BCUT2D eigenvalue weighted by Gasteiger charge is 2.10. The van der Waals surface area contributed by atoms with Gasteiger partial charge in [-0.05, 0) is 41.3 Å². The fraction of sp³-hybridized carbons (Fsp3) is 0.160. The Labute approximate surface area is 170 Å². The smallest absolute Gasteiger partial charge is 0.224 e. The Hall–Kier alpha value is -3.53. The summed E-state index contributed by atoms with van der Waals surface area (Å²) in [5.74, 6) is 0.823. The molecule has 0 unspecified atom stereocenters. The lowest BCUT2D eigenvalue weighted by Gasteiger charge is -2.08. The molecule has 0 saturated heterocycles. The number of hydrogen-bond acceptors (Lipinski definition) is 2. The van der Waals surface area contributed by atoms with Gasteiger partial charge in [0.2, 0.25) is 5.91 Å². The minimum Gasteiger partial charge on any atom is -0.489 e. The van der Waals surface area contributed by atoms with E-state index in [0.717, 1.165) is 34.2 Å². The van der Waals surface area contributed by atoms with E-state index < -0.39 is 0 Å². The third-order valence-electron chi connectivity index (χ3n) is 4.92. The Morgan fingerprint density at radius 2 is 1.62 bits per heavy atom. The van der Waals surface area contributed by atoms with Gasteiger partial charge >= 0.3 is 0 Å². The first-order valence-electron chi connectivity index (χ1n) is 9.85. The first-order chi connectivity index (χ1) is 14.3. The van der Waals surface area contributed by atoms with Gasteiger partial charge in [0.05, 0.1) is 6.42 Å². The molecule has 4 heteroatoms. The molecular formula is C25H24N2O2. The Morgan fingerprint density at radius 3 is 2.38 bits per heavy atom. The molecule has 0 aliphatic heterocycles. The topological polar surface area (TPSA) is 54.1 Å². The van der Waals surface area contributed by atoms with Crippen molar-refractivity contribution in [3.05, 3.63) is 102 Å². The Balaban J connectivity index is 1.36. The van der Waals surface area contributed by atoms with Crippen molar-refractivity contribution in [3.8, 4) is 5.75 Å². The zero-order valence-electron chi connectivity index (χ0n) is 16.2. The number of benzene rings is 3. The van der Waals surface area contributed by atoms with Crippen molar-refractivity contribution in [2.45, 2.75) is 19.4 Å². The summed E-state index contributed by atoms with van der Waals surface area (Å²) in [4.78, 5) is 15.6. The van der Waals surface area contributed by atoms with Crippen molar-refractivity contribution >= 4 is 16.8 Å². The van der Waals surface area contributed by atoms with Crippen LogP contribution in [0.15, 0.2) is 85.1 Å². The fourth-order valence-electron chi connectivity index (χ4n) is 3.36. The fourth-order valence-corrected chi connectivity index (χ4v) is 3.36. The number of fused-ring (bicyclic) bond motifs is 1. The summed E-state index contributed by atoms with van der Waals surface area (Å²) in [6.07, 6.45) is 3.08. The van der Waals surface area contributed by atoms with Crippen molar-refractivity contribution in [1.82, 2.24) is 10.3 Å². The summed E-state index contributed by atoms with van der Waals surface area (Å²) in [5, 5.41) is 4.03. The van der Waals surface area contributed by atoms with Gasteiger partial charge < -0.3 is 15.0 Å². The van der Waals surface area contributed by atoms with Gasteiger partial charge in [0.1, 0.15) is 12.4 Å². The van der Waals surface area contributed by atoms with Crippen LogP contribution in [-0.4, -0.2) is 17.4 Å². The van der Waals surface area contributed by atoms with Crippen molar-refractivity contribution in [2.24, 2.45) is 0 Å². The summed E-state index contributed by atoms with van der Waals surface area (Å²) >= 11 is 0. The van der Waals surface area contributed by atoms with Gasteiger partial charge in [-0.1, -0.05) is 60.7 Å². The highest BCUT2D eigenvalue weighted by molar-refractivity contribution is 5.89. The van der Waals surface area contributed by atoms with Gasteiger partial charge in [-0.25, -0.2) is 0 Å². The Morgan fingerprint density at radius 1 is 0.897 bits per heavy atom. The number of amides is 1. The molecule has 0 atom stereocenters. The number of rotatable bonds is 8. The van der Waals surface area contributed by atoms with E-state index >= 15 is 0 Å². The molecule has 0 aliphatic carbocycles. The van der Waals surface area contributed by atoms with Gasteiger partial charge in [0.15, 0.2) is 0 Å². The second-order valence-electron chi connectivity index (χ2n) is 7.06. The van der Waals surface area contributed by atoms with Crippen LogP contribution in [0.2, 0.25) is 0 Å². The third kappa shape index (κ3) is 5.05. The summed E-state index contributed by atoms with van der Waals surface area (Å²) in [7, 11) is 0. The Kier molecular flexibility index (Phi) is 5.91. The first-order valence-corrected chi connectivity index (χ1v) is 9.85. The molecule has 2 N–H and O–H groups in total. The zero-order chi connectivity index (χ0) is 19.9. The normalized spacial score (nSPS) is 10.8. The van der Waals surface area contributed by atoms with E-state index in [0.29, 0.717) is 19.6 Å². The lowest BCUT2D eigenvalue weighted by atomic mass is 10.1. The van der Waals surface area contributed by atoms with Crippen molar-refractivity contribution in [3.63, 3.8) is 0 Å². The predicted octanol–water partition coefficient (Wildman–Crippen LogP) is 4.65. The highest BCUT2D eigenvalue weighted by Crippen LogP contribution is 2.24. The first kappa shape index (κ1) is 18.8. The molecule has 0 bridgehead atoms. The monoisotopic (exact) mass is 384 g/mol. The number of aromatic amines is 1. The van der Waals surface area contributed by atoms with Crippen LogP contribution in [0.25, 0.3) is 10.9 Å². The molecular weight excluding hydrogens is 360 g/mol. The summed E-state index contributed by atoms with van der Waals surface area (Å²) < 4.78 is 5.93. The van der Waals surface area contributed by atoms with E-state index in [9.17, 15) is 4.79 Å². The van der Waals surface area contributed by atoms with Gasteiger partial charge in [-0.3, -0.25) is 4.79 Å². The lowest BCUT2D eigenvalue weighted by molar-refractivity contribution is -0.120. The number of ether oxygens (including phenoxy) is 1. The van der Waals surface area contributed by atoms with E-state index in [1.165, 1.54) is 5.56 Å². The maximum Gasteiger partial charge on any atom is 0.224 e. The van der Waals surface area contributed by atoms with Gasteiger partial charge in [0, 0.05) is 23.6 Å². The molecule has 0 saturated carbocycles. The molecule has 0 aliphatic rings. The number of aromatic nitrogens is 1. The van der Waals surface area contributed by atoms with Gasteiger partial charge in [0.25, 0.3) is 0 Å². The van der Waals surface area contributed by atoms with Crippen LogP contribution in [-0.2, 0) is 24.2 Å². The number of hydrogen-bond donors (Lipinski definition) is 2. The summed E-state index contributed by atoms with van der Waals surface area (Å²) in [6.45, 7) is 1.16. The van der Waals surface area contributed by atoms with E-state index in [-0.39, 0.29) is 5.91 Å². The van der Waals surface area contributed by atoms with Gasteiger partial charge in [-0.2, -0.15) is 0 Å². The number of carbonyl (C=O) groups is 1. The Bertz CT molecular complexity index is 1070. The minimum absolute atomic E-state index is 0.0254. The quantitative estimate of drug-likeness (QED) is 0.465. The van der Waals surface area contributed by atoms with Crippen LogP contribution in [0.4, 0.5) is 0 Å². The molecule has 0 radical (unpaired) electrons. The molecule has 3 aromatic carbocycles.